The number of fused-ring (bicyclic) bond motifs is 2. The normalized spacial score (nSPS) is 19.3. The third-order valence-corrected chi connectivity index (χ3v) is 7.99. The van der Waals surface area contributed by atoms with Crippen LogP contribution in [0.4, 0.5) is 5.69 Å². The van der Waals surface area contributed by atoms with Crippen molar-refractivity contribution in [1.29, 1.82) is 5.26 Å². The molecule has 0 fully saturated rings. The van der Waals surface area contributed by atoms with Gasteiger partial charge >= 0.3 is 0 Å². The predicted molar refractivity (Wildman–Crippen MR) is 120 cm³/mol. The van der Waals surface area contributed by atoms with E-state index in [9.17, 15) is 13.7 Å². The first-order chi connectivity index (χ1) is 15.0. The van der Waals surface area contributed by atoms with Gasteiger partial charge in [-0.15, -0.1) is 0 Å². The fraction of sp³-hybridized carbons (Fsp3) is 0.0870. The van der Waals surface area contributed by atoms with Gasteiger partial charge in [0.25, 0.3) is 10.0 Å². The van der Waals surface area contributed by atoms with Gasteiger partial charge in [0.1, 0.15) is 16.5 Å². The Kier molecular flexibility index (Phi) is 4.58. The molecule has 3 aromatic rings. The second-order valence-corrected chi connectivity index (χ2v) is 9.80. The van der Waals surface area contributed by atoms with Crippen molar-refractivity contribution in [3.63, 3.8) is 0 Å². The van der Waals surface area contributed by atoms with E-state index in [0.717, 1.165) is 5.56 Å². The largest absolute Gasteiger partial charge is 0.439 e. The molecule has 2 aliphatic rings. The standard InChI is InChI=1S/C23H17N3O3S2/c24-12-18-20(16-10-11-30-14-16)22-21(29-23(18)25)17-8-4-5-9-19(17)26(31(22,27)28)13-15-6-2-1-3-7-15/h1-11,14,20H,13,25H2/t20-/m0/s1. The molecule has 2 aliphatic heterocycles. The second kappa shape index (κ2) is 7.30. The molecule has 1 atom stereocenters. The minimum atomic E-state index is -4.03. The van der Waals surface area contributed by atoms with Crippen molar-refractivity contribution in [2.24, 2.45) is 5.73 Å². The van der Waals surface area contributed by atoms with Gasteiger partial charge in [0.2, 0.25) is 5.88 Å². The highest BCUT2D eigenvalue weighted by Gasteiger charge is 2.47. The Labute approximate surface area is 184 Å². The van der Waals surface area contributed by atoms with Crippen LogP contribution >= 0.6 is 11.3 Å². The SMILES string of the molecule is N#CC1=C(N)OC2=C([C@H]1c1ccsc1)S(=O)(=O)N(Cc1ccccc1)c1ccccc12. The van der Waals surface area contributed by atoms with E-state index in [1.165, 1.54) is 15.6 Å². The Morgan fingerprint density at radius 3 is 2.55 bits per heavy atom. The summed E-state index contributed by atoms with van der Waals surface area (Å²) in [5.74, 6) is -0.705. The van der Waals surface area contributed by atoms with Crippen LogP contribution in [-0.4, -0.2) is 8.42 Å². The van der Waals surface area contributed by atoms with Crippen molar-refractivity contribution in [3.8, 4) is 6.07 Å². The molecule has 0 unspecified atom stereocenters. The monoisotopic (exact) mass is 447 g/mol. The molecule has 0 bridgehead atoms. The van der Waals surface area contributed by atoms with Crippen LogP contribution in [0.3, 0.4) is 0 Å². The van der Waals surface area contributed by atoms with Crippen LogP contribution in [0.5, 0.6) is 0 Å². The van der Waals surface area contributed by atoms with Crippen molar-refractivity contribution in [2.45, 2.75) is 12.5 Å². The quantitative estimate of drug-likeness (QED) is 0.647. The lowest BCUT2D eigenvalue weighted by Gasteiger charge is -2.38. The minimum absolute atomic E-state index is 0.0475. The lowest BCUT2D eigenvalue weighted by Crippen LogP contribution is -2.39. The summed E-state index contributed by atoms with van der Waals surface area (Å²) < 4.78 is 35.2. The molecule has 0 spiro atoms. The highest BCUT2D eigenvalue weighted by Crippen LogP contribution is 2.51. The minimum Gasteiger partial charge on any atom is -0.439 e. The topological polar surface area (TPSA) is 96.4 Å². The summed E-state index contributed by atoms with van der Waals surface area (Å²) >= 11 is 1.43. The van der Waals surface area contributed by atoms with Crippen LogP contribution in [0.2, 0.25) is 0 Å². The number of nitriles is 1. The molecule has 2 aromatic carbocycles. The molecule has 0 saturated heterocycles. The van der Waals surface area contributed by atoms with Crippen molar-refractivity contribution in [2.75, 3.05) is 4.31 Å². The number of benzene rings is 2. The van der Waals surface area contributed by atoms with Crippen LogP contribution in [-0.2, 0) is 21.3 Å². The number of ether oxygens (including phenoxy) is 1. The van der Waals surface area contributed by atoms with Gasteiger partial charge in [0.15, 0.2) is 5.76 Å². The first-order valence-corrected chi connectivity index (χ1v) is 11.9. The summed E-state index contributed by atoms with van der Waals surface area (Å²) in [7, 11) is -4.03. The van der Waals surface area contributed by atoms with E-state index < -0.39 is 15.9 Å². The molecular weight excluding hydrogens is 430 g/mol. The smallest absolute Gasteiger partial charge is 0.265 e. The van der Waals surface area contributed by atoms with Gasteiger partial charge < -0.3 is 10.5 Å². The number of hydrogen-bond acceptors (Lipinski definition) is 6. The summed E-state index contributed by atoms with van der Waals surface area (Å²) in [6.45, 7) is 0.161. The number of nitrogens with zero attached hydrogens (tertiary/aromatic N) is 2. The van der Waals surface area contributed by atoms with Crippen LogP contribution in [0.1, 0.15) is 22.6 Å². The van der Waals surface area contributed by atoms with E-state index in [1.807, 2.05) is 59.3 Å². The van der Waals surface area contributed by atoms with E-state index in [2.05, 4.69) is 6.07 Å². The summed E-state index contributed by atoms with van der Waals surface area (Å²) in [5, 5.41) is 13.5. The fourth-order valence-electron chi connectivity index (χ4n) is 4.00. The lowest BCUT2D eigenvalue weighted by molar-refractivity contribution is 0.357. The number of rotatable bonds is 3. The van der Waals surface area contributed by atoms with Crippen LogP contribution < -0.4 is 10.0 Å². The summed E-state index contributed by atoms with van der Waals surface area (Å²) in [6, 6.07) is 20.5. The zero-order valence-corrected chi connectivity index (χ0v) is 17.9. The van der Waals surface area contributed by atoms with Crippen molar-refractivity contribution in [1.82, 2.24) is 0 Å². The van der Waals surface area contributed by atoms with Gasteiger partial charge in [-0.05, 0) is 40.1 Å². The number of anilines is 1. The molecule has 3 heterocycles. The Hall–Kier alpha value is -3.54. The van der Waals surface area contributed by atoms with Crippen LogP contribution in [0.25, 0.3) is 5.76 Å². The number of thiophene rings is 1. The average molecular weight is 448 g/mol. The maximum atomic E-state index is 14.0. The van der Waals surface area contributed by atoms with Crippen molar-refractivity contribution < 1.29 is 13.2 Å². The van der Waals surface area contributed by atoms with E-state index in [0.29, 0.717) is 16.8 Å². The maximum Gasteiger partial charge on any atom is 0.265 e. The molecule has 0 saturated carbocycles. The van der Waals surface area contributed by atoms with Gasteiger partial charge in [-0.3, -0.25) is 4.31 Å². The van der Waals surface area contributed by atoms with Gasteiger partial charge in [-0.1, -0.05) is 42.5 Å². The third-order valence-electron chi connectivity index (χ3n) is 5.40. The molecule has 0 aliphatic carbocycles. The summed E-state index contributed by atoms with van der Waals surface area (Å²) in [4.78, 5) is 0.0475. The Morgan fingerprint density at radius 2 is 1.84 bits per heavy atom. The molecule has 6 nitrogen and oxygen atoms in total. The van der Waals surface area contributed by atoms with Crippen molar-refractivity contribution in [3.05, 3.63) is 104 Å². The summed E-state index contributed by atoms with van der Waals surface area (Å²) in [5.41, 5.74) is 8.88. The first-order valence-electron chi connectivity index (χ1n) is 9.52. The average Bonchev–Trinajstić information content (AvgIpc) is 3.31. The van der Waals surface area contributed by atoms with Gasteiger partial charge in [0, 0.05) is 5.56 Å². The van der Waals surface area contributed by atoms with Gasteiger partial charge in [-0.25, -0.2) is 8.42 Å². The maximum absolute atomic E-state index is 14.0. The first kappa shape index (κ1) is 19.4. The molecule has 2 N–H and O–H groups in total. The highest BCUT2D eigenvalue weighted by molar-refractivity contribution is 7.96. The fourth-order valence-corrected chi connectivity index (χ4v) is 6.60. The van der Waals surface area contributed by atoms with Gasteiger partial charge in [0.05, 0.1) is 18.2 Å². The lowest BCUT2D eigenvalue weighted by atomic mass is 9.90. The van der Waals surface area contributed by atoms with E-state index in [-0.39, 0.29) is 28.7 Å². The number of nitrogens with two attached hydrogens (primary N) is 1. The molecule has 5 rings (SSSR count). The van der Waals surface area contributed by atoms with Crippen LogP contribution in [0.15, 0.2) is 87.8 Å². The van der Waals surface area contributed by atoms with Crippen LogP contribution in [0, 0.1) is 11.3 Å². The number of allylic oxidation sites excluding steroid dienone is 2. The zero-order chi connectivity index (χ0) is 21.6. The summed E-state index contributed by atoms with van der Waals surface area (Å²) in [6.07, 6.45) is 0. The van der Waals surface area contributed by atoms with Crippen molar-refractivity contribution >= 4 is 32.8 Å². The second-order valence-electron chi connectivity index (χ2n) is 7.19. The molecule has 154 valence electrons. The molecule has 1 aromatic heterocycles. The molecule has 31 heavy (non-hydrogen) atoms. The Balaban J connectivity index is 1.77. The predicted octanol–water partition coefficient (Wildman–Crippen LogP) is 4.27. The number of hydrogen-bond donors (Lipinski definition) is 1. The Bertz CT molecular complexity index is 1370. The van der Waals surface area contributed by atoms with Gasteiger partial charge in [-0.2, -0.15) is 16.6 Å². The number of sulfonamides is 1. The van der Waals surface area contributed by atoms with E-state index >= 15 is 0 Å². The van der Waals surface area contributed by atoms with E-state index in [1.54, 1.807) is 12.1 Å². The molecule has 0 radical (unpaired) electrons. The van der Waals surface area contributed by atoms with E-state index in [4.69, 9.17) is 10.5 Å². The zero-order valence-electron chi connectivity index (χ0n) is 16.2. The third kappa shape index (κ3) is 3.02. The number of para-hydroxylation sites is 1. The molecule has 0 amide bonds. The highest BCUT2D eigenvalue weighted by atomic mass is 32.2. The molecular formula is C23H17N3O3S2. The Morgan fingerprint density at radius 1 is 1.10 bits per heavy atom. The molecule has 8 heteroatoms.